The average Bonchev–Trinajstić information content (AvgIpc) is 3.56. The van der Waals surface area contributed by atoms with Crippen molar-refractivity contribution >= 4 is 35.7 Å². The van der Waals surface area contributed by atoms with Crippen LogP contribution >= 0.6 is 12.8 Å². The fourth-order valence-electron chi connectivity index (χ4n) is 4.94. The topological polar surface area (TPSA) is 64.6 Å². The molecule has 2 aromatic carbocycles. The second-order valence-electron chi connectivity index (χ2n) is 9.07. The Hall–Kier alpha value is -2.77. The number of nitrogens with one attached hydrogen (secondary N) is 2. The minimum Gasteiger partial charge on any atom is -0.478 e. The number of anilines is 2. The van der Waals surface area contributed by atoms with E-state index in [1.54, 1.807) is 18.3 Å². The van der Waals surface area contributed by atoms with E-state index < -0.39 is 5.97 Å². The Labute approximate surface area is 192 Å². The van der Waals surface area contributed by atoms with E-state index >= 15 is 4.39 Å². The highest BCUT2D eigenvalue weighted by molar-refractivity contribution is 7.78. The number of aliphatic carboxylic acids is 1. The highest BCUT2D eigenvalue weighted by Crippen LogP contribution is 2.54. The van der Waals surface area contributed by atoms with Gasteiger partial charge in [-0.15, -0.1) is 0 Å². The molecule has 0 bridgehead atoms. The van der Waals surface area contributed by atoms with E-state index in [2.05, 4.69) is 27.8 Å². The van der Waals surface area contributed by atoms with Crippen LogP contribution in [0, 0.1) is 11.2 Å². The van der Waals surface area contributed by atoms with Gasteiger partial charge < -0.3 is 15.3 Å². The van der Waals surface area contributed by atoms with E-state index in [1.807, 2.05) is 36.4 Å². The van der Waals surface area contributed by atoms with E-state index in [1.165, 1.54) is 0 Å². The van der Waals surface area contributed by atoms with Crippen LogP contribution in [0.25, 0.3) is 5.57 Å². The van der Waals surface area contributed by atoms with Gasteiger partial charge in [0.05, 0.1) is 5.57 Å². The van der Waals surface area contributed by atoms with Crippen molar-refractivity contribution < 1.29 is 14.3 Å². The molecule has 7 heteroatoms. The van der Waals surface area contributed by atoms with Gasteiger partial charge in [0.2, 0.25) is 0 Å². The molecule has 2 heterocycles. The number of carbonyl (C=O) groups is 1. The van der Waals surface area contributed by atoms with Crippen LogP contribution in [0.2, 0.25) is 0 Å². The zero-order valence-electron chi connectivity index (χ0n) is 17.6. The Balaban J connectivity index is 1.63. The first-order valence-electron chi connectivity index (χ1n) is 10.9. The van der Waals surface area contributed by atoms with E-state index in [0.29, 0.717) is 17.7 Å². The van der Waals surface area contributed by atoms with Crippen LogP contribution in [0.15, 0.2) is 60.3 Å². The molecule has 1 unspecified atom stereocenters. The molecule has 1 fully saturated rings. The van der Waals surface area contributed by atoms with Crippen LogP contribution in [-0.2, 0) is 11.2 Å². The number of benzene rings is 2. The Bertz CT molecular complexity index is 1110. The zero-order valence-corrected chi connectivity index (χ0v) is 18.5. The van der Waals surface area contributed by atoms with Gasteiger partial charge in [-0.25, -0.2) is 9.18 Å². The lowest BCUT2D eigenvalue weighted by atomic mass is 9.85. The van der Waals surface area contributed by atoms with Crippen molar-refractivity contribution in [3.05, 3.63) is 77.3 Å². The number of hydrogen-bond donors (Lipinski definition) is 4. The van der Waals surface area contributed by atoms with Crippen molar-refractivity contribution in [1.82, 2.24) is 10.0 Å². The summed E-state index contributed by atoms with van der Waals surface area (Å²) in [5.74, 6) is -1.35. The number of hydrogen-bond acceptors (Lipinski definition) is 5. The van der Waals surface area contributed by atoms with E-state index in [-0.39, 0.29) is 29.4 Å². The van der Waals surface area contributed by atoms with Crippen LogP contribution < -0.4 is 14.9 Å². The summed E-state index contributed by atoms with van der Waals surface area (Å²) in [6.07, 6.45) is 7.45. The summed E-state index contributed by atoms with van der Waals surface area (Å²) in [4.78, 5) is 13.6. The lowest BCUT2D eigenvalue weighted by Gasteiger charge is -2.36. The zero-order chi connectivity index (χ0) is 22.3. The average molecular weight is 452 g/mol. The molecule has 0 amide bonds. The summed E-state index contributed by atoms with van der Waals surface area (Å²) in [5, 5.41) is 12.3. The largest absolute Gasteiger partial charge is 0.478 e. The quantitative estimate of drug-likeness (QED) is 0.518. The number of halogens is 1. The number of fused-ring (bicyclic) bond motifs is 1. The fraction of sp³-hybridized carbons (Fsp3) is 0.320. The highest BCUT2D eigenvalue weighted by atomic mass is 32.1. The second-order valence-corrected chi connectivity index (χ2v) is 9.33. The fourth-order valence-corrected chi connectivity index (χ4v) is 5.12. The molecule has 1 spiro atoms. The van der Waals surface area contributed by atoms with Gasteiger partial charge in [-0.05, 0) is 67.0 Å². The monoisotopic (exact) mass is 451 g/mol. The maximum Gasteiger partial charge on any atom is 0.333 e. The van der Waals surface area contributed by atoms with Crippen LogP contribution in [0.3, 0.4) is 0 Å². The maximum atomic E-state index is 15.5. The van der Waals surface area contributed by atoms with Crippen LogP contribution in [0.4, 0.5) is 15.8 Å². The van der Waals surface area contributed by atoms with Crippen molar-refractivity contribution in [2.45, 2.75) is 31.7 Å². The Morgan fingerprint density at radius 2 is 2.03 bits per heavy atom. The molecular weight excluding hydrogens is 425 g/mol. The first-order valence-corrected chi connectivity index (χ1v) is 11.4. The minimum atomic E-state index is -0.993. The number of rotatable bonds is 4. The molecule has 1 aliphatic carbocycles. The minimum absolute atomic E-state index is 0.184. The molecule has 1 saturated carbocycles. The molecule has 2 aliphatic heterocycles. The van der Waals surface area contributed by atoms with Crippen LogP contribution in [0.1, 0.15) is 30.4 Å². The van der Waals surface area contributed by atoms with Gasteiger partial charge >= 0.3 is 5.97 Å². The molecule has 0 saturated heterocycles. The number of dihydropyridines is 1. The Morgan fingerprint density at radius 1 is 1.25 bits per heavy atom. The predicted molar refractivity (Wildman–Crippen MR) is 127 cm³/mol. The summed E-state index contributed by atoms with van der Waals surface area (Å²) in [6.45, 7) is 0.919. The first kappa shape index (κ1) is 21.1. The first-order chi connectivity index (χ1) is 15.5. The van der Waals surface area contributed by atoms with Crippen molar-refractivity contribution in [2.24, 2.45) is 5.41 Å². The van der Waals surface area contributed by atoms with Gasteiger partial charge in [-0.1, -0.05) is 31.0 Å². The van der Waals surface area contributed by atoms with E-state index in [4.69, 9.17) is 0 Å². The number of allylic oxidation sites excluding steroid dienone is 2. The maximum absolute atomic E-state index is 15.5. The number of carboxylic acids is 1. The normalized spacial score (nSPS) is 21.6. The molecule has 166 valence electrons. The number of thiol groups is 1. The molecule has 0 radical (unpaired) electrons. The molecule has 5 nitrogen and oxygen atoms in total. The third-order valence-electron chi connectivity index (χ3n) is 6.78. The van der Waals surface area contributed by atoms with Gasteiger partial charge in [0.1, 0.15) is 5.82 Å². The SMILES string of the molecule is O=C(O)C1=CC(c2cc3c(cc2F)N(c2ccccc2)CC(NS)CC2(CC2)C3)=CNC1. The predicted octanol–water partition coefficient (Wildman–Crippen LogP) is 4.45. The Kier molecular flexibility index (Phi) is 5.47. The summed E-state index contributed by atoms with van der Waals surface area (Å²) in [7, 11) is 0. The van der Waals surface area contributed by atoms with Crippen molar-refractivity contribution in [2.75, 3.05) is 18.0 Å². The highest BCUT2D eigenvalue weighted by Gasteiger charge is 2.46. The van der Waals surface area contributed by atoms with Gasteiger partial charge in [-0.3, -0.25) is 4.72 Å². The van der Waals surface area contributed by atoms with Crippen LogP contribution in [-0.4, -0.2) is 30.2 Å². The third kappa shape index (κ3) is 4.02. The van der Waals surface area contributed by atoms with Crippen molar-refractivity contribution in [3.8, 4) is 0 Å². The molecular formula is C25H26FN3O2S. The molecule has 2 aromatic rings. The number of para-hydroxylation sites is 1. The molecule has 3 aliphatic rings. The molecule has 0 aromatic heterocycles. The standard InChI is InChI=1S/C25H26FN3O2S/c26-22-10-23-16(9-21(22)17-8-18(24(30)31)14-27-13-17)11-25(6-7-25)12-19(28-32)15-29(23)20-4-2-1-3-5-20/h1-5,8-10,13,19,27-28,32H,6-7,11-12,14-15H2,(H,30,31). The van der Waals surface area contributed by atoms with Gasteiger partial charge in [0, 0.05) is 47.8 Å². The van der Waals surface area contributed by atoms with E-state index in [9.17, 15) is 9.90 Å². The van der Waals surface area contributed by atoms with Crippen molar-refractivity contribution in [1.29, 1.82) is 0 Å². The summed E-state index contributed by atoms with van der Waals surface area (Å²) in [6, 6.07) is 13.7. The summed E-state index contributed by atoms with van der Waals surface area (Å²) in [5.41, 5.74) is 4.40. The lowest BCUT2D eigenvalue weighted by Crippen LogP contribution is -2.39. The van der Waals surface area contributed by atoms with Gasteiger partial charge in [-0.2, -0.15) is 0 Å². The molecule has 32 heavy (non-hydrogen) atoms. The van der Waals surface area contributed by atoms with Gasteiger partial charge in [0.25, 0.3) is 0 Å². The molecule has 3 N–H and O–H groups in total. The molecule has 5 rings (SSSR count). The summed E-state index contributed by atoms with van der Waals surface area (Å²) < 4.78 is 18.7. The van der Waals surface area contributed by atoms with Gasteiger partial charge in [0.15, 0.2) is 0 Å². The van der Waals surface area contributed by atoms with Crippen LogP contribution in [0.5, 0.6) is 0 Å². The second kappa shape index (κ2) is 8.30. The number of nitrogens with zero attached hydrogens (tertiary/aromatic N) is 1. The third-order valence-corrected chi connectivity index (χ3v) is 7.15. The number of carboxylic acid groups (broad SMARTS) is 1. The van der Waals surface area contributed by atoms with Crippen molar-refractivity contribution in [3.63, 3.8) is 0 Å². The lowest BCUT2D eigenvalue weighted by molar-refractivity contribution is -0.132. The van der Waals surface area contributed by atoms with E-state index in [0.717, 1.165) is 42.6 Å². The summed E-state index contributed by atoms with van der Waals surface area (Å²) >= 11 is 4.39. The Morgan fingerprint density at radius 3 is 2.72 bits per heavy atom. The molecule has 1 atom stereocenters. The smallest absolute Gasteiger partial charge is 0.333 e.